The van der Waals surface area contributed by atoms with Gasteiger partial charge in [0.2, 0.25) is 0 Å². The van der Waals surface area contributed by atoms with Gasteiger partial charge in [-0.3, -0.25) is 0 Å². The summed E-state index contributed by atoms with van der Waals surface area (Å²) in [5, 5.41) is 5.59. The van der Waals surface area contributed by atoms with Crippen LogP contribution in [-0.2, 0) is 0 Å². The minimum atomic E-state index is -0.136. The van der Waals surface area contributed by atoms with Gasteiger partial charge in [0, 0.05) is 13.1 Å². The van der Waals surface area contributed by atoms with Crippen LogP contribution in [0, 0.1) is 0 Å². The molecule has 106 valence electrons. The first-order valence-electron chi connectivity index (χ1n) is 6.40. The molecule has 1 aromatic carbocycles. The lowest BCUT2D eigenvalue weighted by Gasteiger charge is -2.25. The van der Waals surface area contributed by atoms with Crippen molar-refractivity contribution in [2.75, 3.05) is 34.3 Å². The summed E-state index contributed by atoms with van der Waals surface area (Å²) in [4.78, 5) is 13.5. The third-order valence-corrected chi connectivity index (χ3v) is 2.92. The van der Waals surface area contributed by atoms with Crippen LogP contribution in [0.15, 0.2) is 24.3 Å². The van der Waals surface area contributed by atoms with Crippen molar-refractivity contribution in [3.63, 3.8) is 0 Å². The Kier molecular flexibility index (Phi) is 6.15. The third kappa shape index (κ3) is 4.79. The number of methoxy groups -OCH3 is 1. The average molecular weight is 265 g/mol. The quantitative estimate of drug-likeness (QED) is 0.822. The van der Waals surface area contributed by atoms with Gasteiger partial charge in [-0.15, -0.1) is 0 Å². The number of ether oxygens (including phenoxy) is 1. The lowest BCUT2D eigenvalue weighted by atomic mass is 10.1. The van der Waals surface area contributed by atoms with Crippen molar-refractivity contribution in [3.8, 4) is 5.75 Å². The summed E-state index contributed by atoms with van der Waals surface area (Å²) in [6.45, 7) is 3.08. The number of carbonyl (C=O) groups excluding carboxylic acids is 1. The molecule has 1 aromatic rings. The van der Waals surface area contributed by atoms with Gasteiger partial charge in [0.15, 0.2) is 0 Å². The van der Waals surface area contributed by atoms with Gasteiger partial charge in [0.05, 0.1) is 13.2 Å². The molecule has 0 saturated heterocycles. The molecule has 0 fully saturated rings. The number of likely N-dealkylation sites (N-methyl/N-ethyl adjacent to an activating group) is 1. The number of carbonyl (C=O) groups is 1. The van der Waals surface area contributed by atoms with Crippen molar-refractivity contribution in [2.24, 2.45) is 0 Å². The van der Waals surface area contributed by atoms with E-state index in [1.165, 1.54) is 0 Å². The molecular weight excluding hydrogens is 242 g/mol. The number of nitrogens with one attached hydrogen (secondary N) is 2. The summed E-state index contributed by atoms with van der Waals surface area (Å²) in [5.74, 6) is 0.831. The first-order valence-corrected chi connectivity index (χ1v) is 6.40. The number of benzene rings is 1. The van der Waals surface area contributed by atoms with Crippen LogP contribution in [0.3, 0.4) is 0 Å². The largest absolute Gasteiger partial charge is 0.497 e. The maximum absolute atomic E-state index is 11.4. The molecule has 2 N–H and O–H groups in total. The fourth-order valence-corrected chi connectivity index (χ4v) is 1.84. The van der Waals surface area contributed by atoms with E-state index in [1.807, 2.05) is 45.3 Å². The molecule has 0 saturated carbocycles. The van der Waals surface area contributed by atoms with E-state index < -0.39 is 0 Å². The summed E-state index contributed by atoms with van der Waals surface area (Å²) in [7, 11) is 5.64. The normalized spacial score (nSPS) is 12.1. The van der Waals surface area contributed by atoms with Crippen LogP contribution < -0.4 is 15.4 Å². The molecule has 1 rings (SSSR count). The Morgan fingerprint density at radius 3 is 2.37 bits per heavy atom. The van der Waals surface area contributed by atoms with Gasteiger partial charge in [-0.25, -0.2) is 4.79 Å². The minimum Gasteiger partial charge on any atom is -0.497 e. The minimum absolute atomic E-state index is 0.133. The summed E-state index contributed by atoms with van der Waals surface area (Å²) in [6.07, 6.45) is 0. The van der Waals surface area contributed by atoms with Crippen LogP contribution in [0.1, 0.15) is 18.5 Å². The van der Waals surface area contributed by atoms with Gasteiger partial charge < -0.3 is 20.3 Å². The number of amides is 2. The summed E-state index contributed by atoms with van der Waals surface area (Å²) < 4.78 is 5.15. The summed E-state index contributed by atoms with van der Waals surface area (Å²) in [5.41, 5.74) is 1.14. The van der Waals surface area contributed by atoms with Crippen LogP contribution in [0.5, 0.6) is 5.75 Å². The Morgan fingerprint density at radius 2 is 1.89 bits per heavy atom. The smallest absolute Gasteiger partial charge is 0.314 e. The Balaban J connectivity index is 2.68. The van der Waals surface area contributed by atoms with Crippen molar-refractivity contribution in [1.29, 1.82) is 0 Å². The van der Waals surface area contributed by atoms with Gasteiger partial charge in [-0.05, 0) is 38.7 Å². The zero-order valence-corrected chi connectivity index (χ0v) is 12.1. The van der Waals surface area contributed by atoms with Crippen LogP contribution in [-0.4, -0.2) is 45.2 Å². The molecule has 0 radical (unpaired) electrons. The highest BCUT2D eigenvalue weighted by molar-refractivity contribution is 5.73. The molecule has 5 heteroatoms. The molecule has 0 spiro atoms. The monoisotopic (exact) mass is 265 g/mol. The standard InChI is InChI=1S/C14H23N3O2/c1-5-15-14(18)16-10-13(17(2)3)11-6-8-12(19-4)9-7-11/h6-9,13H,5,10H2,1-4H3,(H2,15,16,18). The van der Waals surface area contributed by atoms with Crippen molar-refractivity contribution in [1.82, 2.24) is 15.5 Å². The molecule has 0 aliphatic heterocycles. The van der Waals surface area contributed by atoms with Crippen molar-refractivity contribution >= 4 is 6.03 Å². The molecule has 2 amide bonds. The Bertz CT molecular complexity index is 390. The first-order chi connectivity index (χ1) is 9.08. The topological polar surface area (TPSA) is 53.6 Å². The summed E-state index contributed by atoms with van der Waals surface area (Å²) >= 11 is 0. The Labute approximate surface area is 114 Å². The predicted molar refractivity (Wildman–Crippen MR) is 76.5 cm³/mol. The highest BCUT2D eigenvalue weighted by Gasteiger charge is 2.15. The number of urea groups is 1. The molecule has 0 bridgehead atoms. The Morgan fingerprint density at radius 1 is 1.26 bits per heavy atom. The molecule has 0 heterocycles. The molecule has 1 atom stereocenters. The molecule has 0 aromatic heterocycles. The van der Waals surface area contributed by atoms with Crippen LogP contribution in [0.4, 0.5) is 4.79 Å². The van der Waals surface area contributed by atoms with E-state index in [1.54, 1.807) is 7.11 Å². The maximum atomic E-state index is 11.4. The van der Waals surface area contributed by atoms with Crippen molar-refractivity contribution < 1.29 is 9.53 Å². The van der Waals surface area contributed by atoms with E-state index >= 15 is 0 Å². The van der Waals surface area contributed by atoms with Crippen molar-refractivity contribution in [3.05, 3.63) is 29.8 Å². The van der Waals surface area contributed by atoms with E-state index in [4.69, 9.17) is 4.74 Å². The van der Waals surface area contributed by atoms with Crippen LogP contribution >= 0.6 is 0 Å². The van der Waals surface area contributed by atoms with Gasteiger partial charge in [0.25, 0.3) is 0 Å². The molecule has 0 aliphatic carbocycles. The van der Waals surface area contributed by atoms with Crippen molar-refractivity contribution in [2.45, 2.75) is 13.0 Å². The van der Waals surface area contributed by atoms with Gasteiger partial charge in [-0.1, -0.05) is 12.1 Å². The fourth-order valence-electron chi connectivity index (χ4n) is 1.84. The molecule has 1 unspecified atom stereocenters. The zero-order chi connectivity index (χ0) is 14.3. The van der Waals surface area contributed by atoms with E-state index in [0.29, 0.717) is 13.1 Å². The second kappa shape index (κ2) is 7.63. The first kappa shape index (κ1) is 15.3. The van der Waals surface area contributed by atoms with Gasteiger partial charge in [0.1, 0.15) is 5.75 Å². The average Bonchev–Trinajstić information content (AvgIpc) is 2.39. The highest BCUT2D eigenvalue weighted by Crippen LogP contribution is 2.20. The van der Waals surface area contributed by atoms with E-state index in [2.05, 4.69) is 15.5 Å². The van der Waals surface area contributed by atoms with E-state index in [0.717, 1.165) is 11.3 Å². The zero-order valence-electron chi connectivity index (χ0n) is 12.1. The molecule has 0 aliphatic rings. The molecular formula is C14H23N3O2. The SMILES string of the molecule is CCNC(=O)NCC(c1ccc(OC)cc1)N(C)C. The number of rotatable bonds is 6. The highest BCUT2D eigenvalue weighted by atomic mass is 16.5. The third-order valence-electron chi connectivity index (χ3n) is 2.92. The summed E-state index contributed by atoms with van der Waals surface area (Å²) in [6, 6.07) is 7.89. The number of nitrogens with zero attached hydrogens (tertiary/aromatic N) is 1. The number of hydrogen-bond donors (Lipinski definition) is 2. The second-order valence-electron chi connectivity index (χ2n) is 4.49. The van der Waals surface area contributed by atoms with E-state index in [9.17, 15) is 4.79 Å². The van der Waals surface area contributed by atoms with E-state index in [-0.39, 0.29) is 12.1 Å². The van der Waals surface area contributed by atoms with Gasteiger partial charge >= 0.3 is 6.03 Å². The predicted octanol–water partition coefficient (Wildman–Crippen LogP) is 1.62. The second-order valence-corrected chi connectivity index (χ2v) is 4.49. The van der Waals surface area contributed by atoms with Crippen LogP contribution in [0.2, 0.25) is 0 Å². The Hall–Kier alpha value is -1.75. The van der Waals surface area contributed by atoms with Gasteiger partial charge in [-0.2, -0.15) is 0 Å². The maximum Gasteiger partial charge on any atom is 0.314 e. The lowest BCUT2D eigenvalue weighted by Crippen LogP contribution is -2.40. The molecule has 5 nitrogen and oxygen atoms in total. The lowest BCUT2D eigenvalue weighted by molar-refractivity contribution is 0.233. The fraction of sp³-hybridized carbons (Fsp3) is 0.500. The number of hydrogen-bond acceptors (Lipinski definition) is 3. The van der Waals surface area contributed by atoms with Crippen LogP contribution in [0.25, 0.3) is 0 Å². The molecule has 19 heavy (non-hydrogen) atoms.